The van der Waals surface area contributed by atoms with Crippen molar-refractivity contribution in [2.45, 2.75) is 24.2 Å². The van der Waals surface area contributed by atoms with E-state index in [1.807, 2.05) is 30.3 Å². The zero-order valence-corrected chi connectivity index (χ0v) is 17.2. The summed E-state index contributed by atoms with van der Waals surface area (Å²) in [5, 5.41) is 8.11. The first-order chi connectivity index (χ1) is 15.1. The highest BCUT2D eigenvalue weighted by atomic mass is 32.2. The highest BCUT2D eigenvalue weighted by Crippen LogP contribution is 2.33. The predicted molar refractivity (Wildman–Crippen MR) is 116 cm³/mol. The van der Waals surface area contributed by atoms with Gasteiger partial charge in [0, 0.05) is 18.7 Å². The maximum absolute atomic E-state index is 13.3. The number of benzene rings is 2. The lowest BCUT2D eigenvalue weighted by Gasteiger charge is -2.13. The molecule has 7 nitrogen and oxygen atoms in total. The Bertz CT molecular complexity index is 1320. The van der Waals surface area contributed by atoms with Crippen LogP contribution in [0, 0.1) is 5.82 Å². The number of nitrogens with zero attached hydrogens (tertiary/aromatic N) is 4. The van der Waals surface area contributed by atoms with Crippen molar-refractivity contribution in [3.05, 3.63) is 82.5 Å². The molecule has 0 fully saturated rings. The Hall–Kier alpha value is -3.46. The molecule has 2 aromatic carbocycles. The van der Waals surface area contributed by atoms with Crippen LogP contribution in [-0.2, 0) is 11.3 Å². The minimum Gasteiger partial charge on any atom is -0.352 e. The summed E-state index contributed by atoms with van der Waals surface area (Å²) in [4.78, 5) is 30.3. The molecule has 3 heterocycles. The molecule has 0 saturated carbocycles. The van der Waals surface area contributed by atoms with Crippen LogP contribution < -0.4 is 10.9 Å². The van der Waals surface area contributed by atoms with Gasteiger partial charge in [-0.3, -0.25) is 14.2 Å². The van der Waals surface area contributed by atoms with Crippen LogP contribution in [0.15, 0.2) is 70.7 Å². The summed E-state index contributed by atoms with van der Waals surface area (Å²) >= 11 is 1.44. The van der Waals surface area contributed by atoms with Crippen LogP contribution in [0.4, 0.5) is 4.39 Å². The van der Waals surface area contributed by atoms with Crippen LogP contribution in [0.5, 0.6) is 0 Å². The van der Waals surface area contributed by atoms with Crippen molar-refractivity contribution in [1.29, 1.82) is 0 Å². The molecular weight excluding hydrogens is 417 g/mol. The van der Waals surface area contributed by atoms with Gasteiger partial charge in [0.05, 0.1) is 17.9 Å². The Balaban J connectivity index is 1.39. The fourth-order valence-corrected chi connectivity index (χ4v) is 4.77. The lowest BCUT2D eigenvalue weighted by molar-refractivity contribution is -0.121. The van der Waals surface area contributed by atoms with E-state index < -0.39 is 0 Å². The Morgan fingerprint density at radius 3 is 2.71 bits per heavy atom. The number of hydrogen-bond donors (Lipinski definition) is 1. The molecule has 0 radical (unpaired) electrons. The van der Waals surface area contributed by atoms with E-state index in [0.29, 0.717) is 34.2 Å². The minimum absolute atomic E-state index is 0.115. The third kappa shape index (κ3) is 3.72. The van der Waals surface area contributed by atoms with E-state index in [1.54, 1.807) is 16.7 Å². The fourth-order valence-electron chi connectivity index (χ4n) is 3.63. The van der Waals surface area contributed by atoms with Crippen LogP contribution in [0.2, 0.25) is 0 Å². The van der Waals surface area contributed by atoms with Crippen molar-refractivity contribution in [3.8, 4) is 5.69 Å². The van der Waals surface area contributed by atoms with Crippen molar-refractivity contribution in [2.24, 2.45) is 0 Å². The van der Waals surface area contributed by atoms with Crippen molar-refractivity contribution in [1.82, 2.24) is 24.6 Å². The van der Waals surface area contributed by atoms with Gasteiger partial charge in [0.15, 0.2) is 10.8 Å². The standard InChI is InChI=1S/C22H18FN5O2S/c23-15-6-8-16(9-7-15)28-20-18(12-25-28)21(30)27-17(13-31-22(27)26-20)10-19(29)24-11-14-4-2-1-3-5-14/h1-9,12,17H,10-11,13H2,(H,24,29). The van der Waals surface area contributed by atoms with Crippen LogP contribution in [0.1, 0.15) is 18.0 Å². The predicted octanol–water partition coefficient (Wildman–Crippen LogP) is 3.07. The fraction of sp³-hybridized carbons (Fsp3) is 0.182. The molecule has 0 aliphatic carbocycles. The van der Waals surface area contributed by atoms with Gasteiger partial charge < -0.3 is 5.32 Å². The lowest BCUT2D eigenvalue weighted by atomic mass is 10.2. The van der Waals surface area contributed by atoms with Crippen LogP contribution >= 0.6 is 11.8 Å². The second-order valence-corrected chi connectivity index (χ2v) is 8.26. The highest BCUT2D eigenvalue weighted by molar-refractivity contribution is 7.99. The largest absolute Gasteiger partial charge is 0.352 e. The van der Waals surface area contributed by atoms with Crippen molar-refractivity contribution < 1.29 is 9.18 Å². The zero-order valence-electron chi connectivity index (χ0n) is 16.4. The molecule has 156 valence electrons. The Morgan fingerprint density at radius 1 is 1.16 bits per heavy atom. The lowest BCUT2D eigenvalue weighted by Crippen LogP contribution is -2.30. The Labute approximate surface area is 180 Å². The summed E-state index contributed by atoms with van der Waals surface area (Å²) in [6, 6.07) is 15.2. The average molecular weight is 435 g/mol. The van der Waals surface area contributed by atoms with Gasteiger partial charge in [0.1, 0.15) is 11.2 Å². The van der Waals surface area contributed by atoms with E-state index in [0.717, 1.165) is 5.56 Å². The summed E-state index contributed by atoms with van der Waals surface area (Å²) in [6.07, 6.45) is 1.67. The van der Waals surface area contributed by atoms with Crippen LogP contribution in [-0.4, -0.2) is 31.0 Å². The van der Waals surface area contributed by atoms with Crippen molar-refractivity contribution in [3.63, 3.8) is 0 Å². The second kappa shape index (κ2) is 7.99. The zero-order chi connectivity index (χ0) is 21.4. The van der Waals surface area contributed by atoms with E-state index in [-0.39, 0.29) is 29.7 Å². The van der Waals surface area contributed by atoms with Gasteiger partial charge in [-0.15, -0.1) is 0 Å². The van der Waals surface area contributed by atoms with Gasteiger partial charge in [0.25, 0.3) is 5.56 Å². The van der Waals surface area contributed by atoms with Gasteiger partial charge in [-0.1, -0.05) is 42.1 Å². The molecule has 9 heteroatoms. The Kier molecular flexibility index (Phi) is 5.03. The van der Waals surface area contributed by atoms with Crippen molar-refractivity contribution >= 4 is 28.7 Å². The summed E-state index contributed by atoms with van der Waals surface area (Å²) in [5.41, 5.74) is 1.84. The summed E-state index contributed by atoms with van der Waals surface area (Å²) < 4.78 is 16.4. The molecule has 1 aliphatic rings. The normalized spacial score (nSPS) is 15.2. The van der Waals surface area contributed by atoms with E-state index in [1.165, 1.54) is 34.8 Å². The highest BCUT2D eigenvalue weighted by Gasteiger charge is 2.29. The third-order valence-electron chi connectivity index (χ3n) is 5.20. The molecule has 1 aliphatic heterocycles. The monoisotopic (exact) mass is 435 g/mol. The molecule has 4 aromatic rings. The number of aromatic nitrogens is 4. The smallest absolute Gasteiger partial charge is 0.265 e. The van der Waals surface area contributed by atoms with E-state index in [9.17, 15) is 14.0 Å². The molecule has 1 unspecified atom stereocenters. The van der Waals surface area contributed by atoms with Gasteiger partial charge in [-0.2, -0.15) is 5.10 Å². The molecule has 31 heavy (non-hydrogen) atoms. The first kappa shape index (κ1) is 19.5. The van der Waals surface area contributed by atoms with E-state index in [4.69, 9.17) is 0 Å². The summed E-state index contributed by atoms with van der Waals surface area (Å²) in [7, 11) is 0. The molecule has 2 aromatic heterocycles. The number of carbonyl (C=O) groups excluding carboxylic acids is 1. The quantitative estimate of drug-likeness (QED) is 0.487. The summed E-state index contributed by atoms with van der Waals surface area (Å²) in [5.74, 6) is 0.131. The third-order valence-corrected chi connectivity index (χ3v) is 6.29. The molecule has 0 bridgehead atoms. The number of hydrogen-bond acceptors (Lipinski definition) is 5. The Morgan fingerprint density at radius 2 is 1.94 bits per heavy atom. The number of amides is 1. The minimum atomic E-state index is -0.349. The number of rotatable bonds is 5. The maximum atomic E-state index is 13.3. The van der Waals surface area contributed by atoms with E-state index in [2.05, 4.69) is 15.4 Å². The molecule has 0 spiro atoms. The first-order valence-corrected chi connectivity index (χ1v) is 10.8. The number of carbonyl (C=O) groups is 1. The number of fused-ring (bicyclic) bond motifs is 2. The molecule has 1 amide bonds. The molecule has 0 saturated heterocycles. The first-order valence-electron chi connectivity index (χ1n) is 9.80. The SMILES string of the molecule is O=C(CC1CSc2nc3c(cnn3-c3ccc(F)cc3)c(=O)n21)NCc1ccccc1. The van der Waals surface area contributed by atoms with Crippen molar-refractivity contribution in [2.75, 3.05) is 5.75 Å². The number of thioether (sulfide) groups is 1. The topological polar surface area (TPSA) is 81.8 Å². The molecule has 5 rings (SSSR count). The van der Waals surface area contributed by atoms with Gasteiger partial charge in [0.2, 0.25) is 5.91 Å². The summed E-state index contributed by atoms with van der Waals surface area (Å²) in [6.45, 7) is 0.447. The second-order valence-electron chi connectivity index (χ2n) is 7.27. The van der Waals surface area contributed by atoms with Gasteiger partial charge in [-0.25, -0.2) is 14.1 Å². The maximum Gasteiger partial charge on any atom is 0.265 e. The molecule has 1 atom stereocenters. The molecular formula is C22H18FN5O2S. The van der Waals surface area contributed by atoms with Crippen LogP contribution in [0.3, 0.4) is 0 Å². The average Bonchev–Trinajstić information content (AvgIpc) is 3.39. The van der Waals surface area contributed by atoms with Gasteiger partial charge in [-0.05, 0) is 29.8 Å². The molecule has 1 N–H and O–H groups in total. The van der Waals surface area contributed by atoms with E-state index >= 15 is 0 Å². The van der Waals surface area contributed by atoms with Gasteiger partial charge >= 0.3 is 0 Å². The number of nitrogens with one attached hydrogen (secondary N) is 1. The van der Waals surface area contributed by atoms with Crippen LogP contribution in [0.25, 0.3) is 16.7 Å². The number of halogens is 1.